The van der Waals surface area contributed by atoms with Crippen molar-refractivity contribution in [3.05, 3.63) is 18.6 Å². The predicted octanol–water partition coefficient (Wildman–Crippen LogP) is 3.28. The van der Waals surface area contributed by atoms with Gasteiger partial charge in [0.05, 0.1) is 11.9 Å². The normalized spacial score (nSPS) is 16.8. The molecule has 0 spiro atoms. The van der Waals surface area contributed by atoms with Gasteiger partial charge in [0.1, 0.15) is 17.8 Å². The van der Waals surface area contributed by atoms with Crippen LogP contribution < -0.4 is 10.6 Å². The Kier molecular flexibility index (Phi) is 8.08. The Morgan fingerprint density at radius 3 is 2.73 bits per heavy atom. The molecule has 1 atom stereocenters. The Hall–Kier alpha value is -2.15. The number of nitrogens with two attached hydrogens (primary N) is 1. The monoisotopic (exact) mass is 414 g/mol. The molecule has 0 bridgehead atoms. The van der Waals surface area contributed by atoms with Crippen molar-refractivity contribution >= 4 is 22.8 Å². The Balaban J connectivity index is 1.68. The summed E-state index contributed by atoms with van der Waals surface area (Å²) in [4.78, 5) is 25.0. The lowest BCUT2D eigenvalue weighted by atomic mass is 9.96. The molecule has 30 heavy (non-hydrogen) atoms. The third-order valence-corrected chi connectivity index (χ3v) is 6.34. The van der Waals surface area contributed by atoms with Gasteiger partial charge >= 0.3 is 0 Å². The molecule has 7 heteroatoms. The number of unbranched alkanes of at least 4 members (excludes halogenated alkanes) is 1. The molecule has 2 N–H and O–H groups in total. The van der Waals surface area contributed by atoms with E-state index in [4.69, 9.17) is 5.73 Å². The molecule has 0 aromatic carbocycles. The standard InChI is InChI=1S/C23H38N6O/c1-4-6-7-18(3)14-28(5-2)22-20-10-13-29(23(20)26-17-25-22)15-19-8-11-27(12-9-19)16-21(24)30/h10,13,17-19H,4-9,11-12,14-16H2,1-3H3,(H2,24,30). The lowest BCUT2D eigenvalue weighted by molar-refractivity contribution is -0.119. The number of amides is 1. The van der Waals surface area contributed by atoms with Crippen molar-refractivity contribution in [2.45, 2.75) is 59.4 Å². The number of carbonyl (C=O) groups excluding carboxylic acids is 1. The van der Waals surface area contributed by atoms with Crippen LogP contribution >= 0.6 is 0 Å². The van der Waals surface area contributed by atoms with E-state index in [1.165, 1.54) is 19.3 Å². The van der Waals surface area contributed by atoms with Gasteiger partial charge < -0.3 is 15.2 Å². The fourth-order valence-electron chi connectivity index (χ4n) is 4.60. The highest BCUT2D eigenvalue weighted by atomic mass is 16.1. The number of primary amides is 1. The van der Waals surface area contributed by atoms with Crippen LogP contribution in [-0.4, -0.2) is 58.1 Å². The maximum atomic E-state index is 11.1. The predicted molar refractivity (Wildman–Crippen MR) is 122 cm³/mol. The number of nitrogens with zero attached hydrogens (tertiary/aromatic N) is 5. The first-order chi connectivity index (χ1) is 14.5. The molecule has 0 aliphatic carbocycles. The summed E-state index contributed by atoms with van der Waals surface area (Å²) in [5.74, 6) is 2.07. The quantitative estimate of drug-likeness (QED) is 0.610. The van der Waals surface area contributed by atoms with E-state index in [1.54, 1.807) is 6.33 Å². The van der Waals surface area contributed by atoms with Crippen LogP contribution in [0.1, 0.15) is 52.9 Å². The second-order valence-corrected chi connectivity index (χ2v) is 8.87. The molecular weight excluding hydrogens is 376 g/mol. The van der Waals surface area contributed by atoms with Gasteiger partial charge in [0.15, 0.2) is 0 Å². The van der Waals surface area contributed by atoms with E-state index in [1.807, 2.05) is 0 Å². The fourth-order valence-corrected chi connectivity index (χ4v) is 4.60. The van der Waals surface area contributed by atoms with Crippen molar-refractivity contribution in [2.75, 3.05) is 37.6 Å². The summed E-state index contributed by atoms with van der Waals surface area (Å²) in [6.07, 6.45) is 9.83. The molecule has 1 aliphatic heterocycles. The van der Waals surface area contributed by atoms with Crippen molar-refractivity contribution in [3.8, 4) is 0 Å². The summed E-state index contributed by atoms with van der Waals surface area (Å²) in [5.41, 5.74) is 6.36. The van der Waals surface area contributed by atoms with E-state index < -0.39 is 0 Å². The number of likely N-dealkylation sites (tertiary alicyclic amines) is 1. The van der Waals surface area contributed by atoms with E-state index >= 15 is 0 Å². The molecule has 7 nitrogen and oxygen atoms in total. The zero-order chi connectivity index (χ0) is 21.5. The second-order valence-electron chi connectivity index (χ2n) is 8.87. The molecule has 1 fully saturated rings. The summed E-state index contributed by atoms with van der Waals surface area (Å²) >= 11 is 0. The van der Waals surface area contributed by atoms with Crippen LogP contribution in [0.25, 0.3) is 11.0 Å². The number of carbonyl (C=O) groups is 1. The van der Waals surface area contributed by atoms with Gasteiger partial charge in [0, 0.05) is 25.8 Å². The molecule has 2 aromatic heterocycles. The van der Waals surface area contributed by atoms with E-state index in [2.05, 4.69) is 57.4 Å². The molecule has 0 saturated carbocycles. The molecule has 1 saturated heterocycles. The Labute approximate surface area is 180 Å². The highest BCUT2D eigenvalue weighted by molar-refractivity contribution is 5.87. The maximum absolute atomic E-state index is 11.1. The zero-order valence-corrected chi connectivity index (χ0v) is 18.9. The van der Waals surface area contributed by atoms with Crippen molar-refractivity contribution in [2.24, 2.45) is 17.6 Å². The molecule has 1 unspecified atom stereocenters. The molecule has 166 valence electrons. The van der Waals surface area contributed by atoms with Gasteiger partial charge in [-0.3, -0.25) is 9.69 Å². The minimum Gasteiger partial charge on any atom is -0.369 e. The third-order valence-electron chi connectivity index (χ3n) is 6.34. The number of hydrogen-bond acceptors (Lipinski definition) is 5. The van der Waals surface area contributed by atoms with Gasteiger partial charge in [-0.1, -0.05) is 26.7 Å². The number of rotatable bonds is 11. The average Bonchev–Trinajstić information content (AvgIpc) is 3.14. The first-order valence-electron chi connectivity index (χ1n) is 11.6. The summed E-state index contributed by atoms with van der Waals surface area (Å²) in [5, 5.41) is 1.15. The van der Waals surface area contributed by atoms with E-state index in [0.29, 0.717) is 18.4 Å². The van der Waals surface area contributed by atoms with E-state index in [-0.39, 0.29) is 5.91 Å². The Morgan fingerprint density at radius 2 is 2.07 bits per heavy atom. The van der Waals surface area contributed by atoms with Gasteiger partial charge in [-0.2, -0.15) is 0 Å². The summed E-state index contributed by atoms with van der Waals surface area (Å²) in [6.45, 7) is 12.0. The molecule has 1 aliphatic rings. The first kappa shape index (κ1) is 22.5. The van der Waals surface area contributed by atoms with Crippen LogP contribution in [0.15, 0.2) is 18.6 Å². The molecule has 1 amide bonds. The number of piperidine rings is 1. The van der Waals surface area contributed by atoms with Gasteiger partial charge in [-0.05, 0) is 57.2 Å². The molecule has 3 rings (SSSR count). The molecule has 2 aromatic rings. The van der Waals surface area contributed by atoms with Crippen molar-refractivity contribution in [1.82, 2.24) is 19.4 Å². The molecule has 0 radical (unpaired) electrons. The Bertz CT molecular complexity index is 811. The molecule has 3 heterocycles. The largest absolute Gasteiger partial charge is 0.369 e. The summed E-state index contributed by atoms with van der Waals surface area (Å²) in [7, 11) is 0. The lowest BCUT2D eigenvalue weighted by Gasteiger charge is -2.31. The highest BCUT2D eigenvalue weighted by Gasteiger charge is 2.22. The molecular formula is C23H38N6O. The number of fused-ring (bicyclic) bond motifs is 1. The van der Waals surface area contributed by atoms with Crippen LogP contribution in [0.3, 0.4) is 0 Å². The van der Waals surface area contributed by atoms with Gasteiger partial charge in [-0.25, -0.2) is 9.97 Å². The summed E-state index contributed by atoms with van der Waals surface area (Å²) in [6, 6.07) is 2.17. The van der Waals surface area contributed by atoms with Crippen molar-refractivity contribution in [3.63, 3.8) is 0 Å². The fraction of sp³-hybridized carbons (Fsp3) is 0.696. The third kappa shape index (κ3) is 5.72. The second kappa shape index (κ2) is 10.8. The van der Waals surface area contributed by atoms with Crippen LogP contribution in [-0.2, 0) is 11.3 Å². The van der Waals surface area contributed by atoms with Gasteiger partial charge in [0.2, 0.25) is 5.91 Å². The van der Waals surface area contributed by atoms with E-state index in [0.717, 1.165) is 62.4 Å². The SMILES string of the molecule is CCCCC(C)CN(CC)c1ncnc2c1ccn2CC1CCN(CC(N)=O)CC1. The van der Waals surface area contributed by atoms with Crippen molar-refractivity contribution in [1.29, 1.82) is 0 Å². The first-order valence-corrected chi connectivity index (χ1v) is 11.6. The topological polar surface area (TPSA) is 80.3 Å². The zero-order valence-electron chi connectivity index (χ0n) is 18.9. The number of hydrogen-bond donors (Lipinski definition) is 1. The minimum atomic E-state index is -0.237. The van der Waals surface area contributed by atoms with Crippen molar-refractivity contribution < 1.29 is 4.79 Å². The number of aromatic nitrogens is 3. The van der Waals surface area contributed by atoms with Crippen LogP contribution in [0, 0.1) is 11.8 Å². The van der Waals surface area contributed by atoms with Gasteiger partial charge in [-0.15, -0.1) is 0 Å². The van der Waals surface area contributed by atoms with Crippen LogP contribution in [0.5, 0.6) is 0 Å². The number of anilines is 1. The maximum Gasteiger partial charge on any atom is 0.231 e. The van der Waals surface area contributed by atoms with Crippen LogP contribution in [0.2, 0.25) is 0 Å². The summed E-state index contributed by atoms with van der Waals surface area (Å²) < 4.78 is 2.28. The lowest BCUT2D eigenvalue weighted by Crippen LogP contribution is -2.40. The highest BCUT2D eigenvalue weighted by Crippen LogP contribution is 2.27. The minimum absolute atomic E-state index is 0.237. The average molecular weight is 415 g/mol. The van der Waals surface area contributed by atoms with Crippen LogP contribution in [0.4, 0.5) is 5.82 Å². The van der Waals surface area contributed by atoms with E-state index in [9.17, 15) is 4.79 Å². The smallest absolute Gasteiger partial charge is 0.231 e. The Morgan fingerprint density at radius 1 is 1.30 bits per heavy atom. The van der Waals surface area contributed by atoms with Gasteiger partial charge in [0.25, 0.3) is 0 Å².